The summed E-state index contributed by atoms with van der Waals surface area (Å²) in [6.07, 6.45) is 5.70. The van der Waals surface area contributed by atoms with Crippen molar-refractivity contribution in [3.8, 4) is 0 Å². The maximum atomic E-state index is 11.0. The number of hydrogen-bond acceptors (Lipinski definition) is 4. The number of rotatable bonds is 7. The smallest absolute Gasteiger partial charge is 0.305 e. The molecule has 1 heterocycles. The molecule has 0 spiro atoms. The van der Waals surface area contributed by atoms with E-state index in [1.165, 1.54) is 6.42 Å². The van der Waals surface area contributed by atoms with Gasteiger partial charge in [-0.1, -0.05) is 25.3 Å². The molecule has 1 aromatic heterocycles. The van der Waals surface area contributed by atoms with Gasteiger partial charge in [0, 0.05) is 23.4 Å². The molecule has 112 valence electrons. The van der Waals surface area contributed by atoms with Crippen LogP contribution in [0.15, 0.2) is 17.5 Å². The molecule has 1 aromatic rings. The van der Waals surface area contributed by atoms with E-state index in [4.69, 9.17) is 5.11 Å². The number of carboxylic acid groups (broad SMARTS) is 1. The minimum absolute atomic E-state index is 0.0632. The minimum atomic E-state index is -0.794. The van der Waals surface area contributed by atoms with Gasteiger partial charge in [0.2, 0.25) is 0 Å². The van der Waals surface area contributed by atoms with Gasteiger partial charge < -0.3 is 15.5 Å². The molecule has 0 aromatic carbocycles. The van der Waals surface area contributed by atoms with Gasteiger partial charge >= 0.3 is 5.97 Å². The fourth-order valence-electron chi connectivity index (χ4n) is 2.97. The van der Waals surface area contributed by atoms with Gasteiger partial charge in [-0.15, -0.1) is 11.3 Å². The maximum absolute atomic E-state index is 11.0. The Morgan fingerprint density at radius 1 is 1.40 bits per heavy atom. The molecule has 4 nitrogen and oxygen atoms in total. The van der Waals surface area contributed by atoms with Gasteiger partial charge in [-0.25, -0.2) is 0 Å². The molecule has 1 aliphatic carbocycles. The lowest BCUT2D eigenvalue weighted by Gasteiger charge is -2.37. The van der Waals surface area contributed by atoms with Crippen LogP contribution in [-0.4, -0.2) is 29.3 Å². The first-order valence-electron chi connectivity index (χ1n) is 7.25. The molecule has 3 N–H and O–H groups in total. The number of carboxylic acids is 1. The second-order valence-electron chi connectivity index (χ2n) is 5.77. The quantitative estimate of drug-likeness (QED) is 0.724. The second kappa shape index (κ2) is 7.20. The van der Waals surface area contributed by atoms with Gasteiger partial charge in [-0.05, 0) is 24.3 Å². The van der Waals surface area contributed by atoms with Gasteiger partial charge in [0.05, 0.1) is 12.5 Å². The molecule has 0 amide bonds. The number of hydrogen-bond donors (Lipinski definition) is 3. The van der Waals surface area contributed by atoms with Crippen LogP contribution in [0.4, 0.5) is 0 Å². The highest BCUT2D eigenvalue weighted by Gasteiger charge is 2.32. The lowest BCUT2D eigenvalue weighted by molar-refractivity contribution is -0.137. The van der Waals surface area contributed by atoms with Gasteiger partial charge in [0.1, 0.15) is 0 Å². The van der Waals surface area contributed by atoms with Gasteiger partial charge in [0.15, 0.2) is 0 Å². The molecule has 1 aliphatic rings. The third-order valence-corrected chi connectivity index (χ3v) is 5.22. The Morgan fingerprint density at radius 3 is 2.70 bits per heavy atom. The van der Waals surface area contributed by atoms with E-state index in [1.807, 2.05) is 17.5 Å². The Morgan fingerprint density at radius 2 is 2.15 bits per heavy atom. The first-order chi connectivity index (χ1) is 9.65. The predicted molar refractivity (Wildman–Crippen MR) is 79.9 cm³/mol. The Hall–Kier alpha value is -0.910. The topological polar surface area (TPSA) is 69.6 Å². The van der Waals surface area contributed by atoms with Crippen molar-refractivity contribution in [2.75, 3.05) is 13.2 Å². The second-order valence-corrected chi connectivity index (χ2v) is 6.74. The Kier molecular flexibility index (Phi) is 5.57. The van der Waals surface area contributed by atoms with Gasteiger partial charge in [0.25, 0.3) is 0 Å². The van der Waals surface area contributed by atoms with Crippen molar-refractivity contribution in [2.24, 2.45) is 5.41 Å². The van der Waals surface area contributed by atoms with E-state index in [9.17, 15) is 9.90 Å². The zero-order chi connectivity index (χ0) is 14.4. The fraction of sp³-hybridized carbons (Fsp3) is 0.667. The molecule has 1 unspecified atom stereocenters. The summed E-state index contributed by atoms with van der Waals surface area (Å²) in [5, 5.41) is 24.1. The van der Waals surface area contributed by atoms with Crippen LogP contribution in [0.1, 0.15) is 49.4 Å². The summed E-state index contributed by atoms with van der Waals surface area (Å²) in [6.45, 7) is 0.879. The van der Waals surface area contributed by atoms with Crippen molar-refractivity contribution in [3.63, 3.8) is 0 Å². The van der Waals surface area contributed by atoms with Crippen LogP contribution in [-0.2, 0) is 4.79 Å². The number of aliphatic hydroxyl groups is 1. The van der Waals surface area contributed by atoms with Crippen molar-refractivity contribution in [1.29, 1.82) is 0 Å². The third-order valence-electron chi connectivity index (χ3n) is 4.24. The molecule has 0 bridgehead atoms. The Labute approximate surface area is 123 Å². The number of aliphatic hydroxyl groups excluding tert-OH is 1. The van der Waals surface area contributed by atoms with Crippen LogP contribution in [0.25, 0.3) is 0 Å². The average molecular weight is 297 g/mol. The molecule has 20 heavy (non-hydrogen) atoms. The van der Waals surface area contributed by atoms with Crippen molar-refractivity contribution >= 4 is 17.3 Å². The maximum Gasteiger partial charge on any atom is 0.305 e. The molecule has 0 radical (unpaired) electrons. The standard InChI is InChI=1S/C15H23NO3S/c17-11-15(6-2-1-3-7-15)10-16-12(9-14(18)19)13-5-4-8-20-13/h4-5,8,12,16-17H,1-3,6-7,9-11H2,(H,18,19). The largest absolute Gasteiger partial charge is 0.481 e. The van der Waals surface area contributed by atoms with E-state index in [-0.39, 0.29) is 24.5 Å². The Bertz CT molecular complexity index is 413. The SMILES string of the molecule is O=C(O)CC(NCC1(CO)CCCCC1)c1cccs1. The number of carbonyl (C=O) groups is 1. The third kappa shape index (κ3) is 4.04. The van der Waals surface area contributed by atoms with Gasteiger partial charge in [-0.3, -0.25) is 4.79 Å². The van der Waals surface area contributed by atoms with Crippen molar-refractivity contribution < 1.29 is 15.0 Å². The van der Waals surface area contributed by atoms with Crippen LogP contribution < -0.4 is 5.32 Å². The van der Waals surface area contributed by atoms with Crippen LogP contribution in [0, 0.1) is 5.41 Å². The average Bonchev–Trinajstić information content (AvgIpc) is 2.98. The van der Waals surface area contributed by atoms with Crippen LogP contribution in [0.3, 0.4) is 0 Å². The predicted octanol–water partition coefficient (Wildman–Crippen LogP) is 2.80. The number of nitrogens with one attached hydrogen (secondary N) is 1. The summed E-state index contributed by atoms with van der Waals surface area (Å²) in [5.41, 5.74) is -0.0632. The lowest BCUT2D eigenvalue weighted by Crippen LogP contribution is -2.40. The van der Waals surface area contributed by atoms with E-state index < -0.39 is 5.97 Å². The monoisotopic (exact) mass is 297 g/mol. The molecule has 0 aliphatic heterocycles. The highest BCUT2D eigenvalue weighted by molar-refractivity contribution is 7.10. The molecular formula is C15H23NO3S. The van der Waals surface area contributed by atoms with Crippen LogP contribution >= 0.6 is 11.3 Å². The summed E-state index contributed by atoms with van der Waals surface area (Å²) in [6, 6.07) is 3.76. The van der Waals surface area contributed by atoms with Crippen LogP contribution in [0.2, 0.25) is 0 Å². The molecular weight excluding hydrogens is 274 g/mol. The highest BCUT2D eigenvalue weighted by atomic mass is 32.1. The zero-order valence-corrected chi connectivity index (χ0v) is 12.5. The first-order valence-corrected chi connectivity index (χ1v) is 8.13. The normalized spacial score (nSPS) is 19.6. The first kappa shape index (κ1) is 15.5. The molecule has 0 saturated heterocycles. The molecule has 1 fully saturated rings. The fourth-order valence-corrected chi connectivity index (χ4v) is 3.77. The van der Waals surface area contributed by atoms with E-state index >= 15 is 0 Å². The highest BCUT2D eigenvalue weighted by Crippen LogP contribution is 2.36. The van der Waals surface area contributed by atoms with E-state index in [1.54, 1.807) is 11.3 Å². The van der Waals surface area contributed by atoms with E-state index in [0.29, 0.717) is 6.54 Å². The molecule has 5 heteroatoms. The molecule has 1 atom stereocenters. The molecule has 2 rings (SSSR count). The lowest BCUT2D eigenvalue weighted by atomic mass is 9.74. The summed E-state index contributed by atoms with van der Waals surface area (Å²) >= 11 is 1.58. The van der Waals surface area contributed by atoms with E-state index in [0.717, 1.165) is 30.6 Å². The van der Waals surface area contributed by atoms with Crippen molar-refractivity contribution in [1.82, 2.24) is 5.32 Å². The van der Waals surface area contributed by atoms with Crippen molar-refractivity contribution in [3.05, 3.63) is 22.4 Å². The zero-order valence-electron chi connectivity index (χ0n) is 11.7. The summed E-state index contributed by atoms with van der Waals surface area (Å²) < 4.78 is 0. The van der Waals surface area contributed by atoms with E-state index in [2.05, 4.69) is 5.32 Å². The Balaban J connectivity index is 1.98. The summed E-state index contributed by atoms with van der Waals surface area (Å²) in [4.78, 5) is 12.1. The van der Waals surface area contributed by atoms with Crippen molar-refractivity contribution in [2.45, 2.75) is 44.6 Å². The van der Waals surface area contributed by atoms with Crippen LogP contribution in [0.5, 0.6) is 0 Å². The minimum Gasteiger partial charge on any atom is -0.481 e. The summed E-state index contributed by atoms with van der Waals surface area (Å²) in [7, 11) is 0. The van der Waals surface area contributed by atoms with Gasteiger partial charge in [-0.2, -0.15) is 0 Å². The number of thiophene rings is 1. The summed E-state index contributed by atoms with van der Waals surface area (Å²) in [5.74, 6) is -0.794. The molecule has 1 saturated carbocycles. The number of aliphatic carboxylic acids is 1.